The Bertz CT molecular complexity index is 1110. The third-order valence-electron chi connectivity index (χ3n) is 5.12. The number of hydrogen-bond donors (Lipinski definition) is 0. The van der Waals surface area contributed by atoms with Crippen molar-refractivity contribution in [1.29, 1.82) is 0 Å². The molecule has 1 aromatic heterocycles. The van der Waals surface area contributed by atoms with Gasteiger partial charge >= 0.3 is 0 Å². The van der Waals surface area contributed by atoms with E-state index in [9.17, 15) is 0 Å². The molecule has 0 saturated heterocycles. The molecule has 0 bridgehead atoms. The quantitative estimate of drug-likeness (QED) is 0.362. The number of aromatic nitrogens is 2. The number of nitrogens with zero attached hydrogens (tertiary/aromatic N) is 4. The van der Waals surface area contributed by atoms with Crippen molar-refractivity contribution in [2.45, 2.75) is 39.8 Å². The van der Waals surface area contributed by atoms with Crippen molar-refractivity contribution < 1.29 is 0 Å². The summed E-state index contributed by atoms with van der Waals surface area (Å²) in [6.45, 7) is 8.73. The Balaban J connectivity index is 1.96. The monoisotopic (exact) mass is 396 g/mol. The molecule has 4 heteroatoms. The Morgan fingerprint density at radius 3 is 1.63 bits per heavy atom. The van der Waals surface area contributed by atoms with Gasteiger partial charge in [0.05, 0.1) is 5.52 Å². The molecule has 0 aliphatic rings. The van der Waals surface area contributed by atoms with Gasteiger partial charge in [-0.2, -0.15) is 4.98 Å². The van der Waals surface area contributed by atoms with Crippen molar-refractivity contribution in [3.63, 3.8) is 0 Å². The van der Waals surface area contributed by atoms with Gasteiger partial charge in [-0.1, -0.05) is 48.5 Å². The Morgan fingerprint density at radius 2 is 1.07 bits per heavy atom. The van der Waals surface area contributed by atoms with Crippen LogP contribution in [0.15, 0.2) is 84.9 Å². The van der Waals surface area contributed by atoms with Gasteiger partial charge in [0.25, 0.3) is 0 Å². The number of benzene rings is 3. The average Bonchev–Trinajstić information content (AvgIpc) is 2.75. The van der Waals surface area contributed by atoms with Crippen molar-refractivity contribution >= 4 is 34.0 Å². The lowest BCUT2D eigenvalue weighted by atomic mass is 10.1. The van der Waals surface area contributed by atoms with Crippen LogP contribution in [0.4, 0.5) is 23.1 Å². The normalized spacial score (nSPS) is 11.3. The molecule has 152 valence electrons. The van der Waals surface area contributed by atoms with Gasteiger partial charge in [0.15, 0.2) is 0 Å². The fourth-order valence-electron chi connectivity index (χ4n) is 3.83. The van der Waals surface area contributed by atoms with Gasteiger partial charge in [-0.15, -0.1) is 0 Å². The second-order valence-electron chi connectivity index (χ2n) is 7.96. The minimum Gasteiger partial charge on any atom is -0.323 e. The first-order valence-electron chi connectivity index (χ1n) is 10.5. The maximum absolute atomic E-state index is 5.14. The number of fused-ring (bicyclic) bond motifs is 1. The largest absolute Gasteiger partial charge is 0.323 e. The molecule has 0 aliphatic carbocycles. The van der Waals surface area contributed by atoms with E-state index < -0.39 is 0 Å². The van der Waals surface area contributed by atoms with E-state index in [1.807, 2.05) is 18.2 Å². The first-order valence-corrected chi connectivity index (χ1v) is 10.5. The van der Waals surface area contributed by atoms with Crippen LogP contribution in [-0.4, -0.2) is 22.1 Å². The average molecular weight is 397 g/mol. The Morgan fingerprint density at radius 1 is 0.567 bits per heavy atom. The Labute approximate surface area is 178 Å². The zero-order valence-electron chi connectivity index (χ0n) is 18.0. The number of para-hydroxylation sites is 3. The summed E-state index contributed by atoms with van der Waals surface area (Å²) in [5.41, 5.74) is 3.16. The van der Waals surface area contributed by atoms with E-state index >= 15 is 0 Å². The van der Waals surface area contributed by atoms with Crippen LogP contribution in [0.25, 0.3) is 10.9 Å². The van der Waals surface area contributed by atoms with E-state index in [0.29, 0.717) is 5.95 Å². The molecular formula is C26H28N4. The van der Waals surface area contributed by atoms with Crippen LogP contribution >= 0.6 is 0 Å². The van der Waals surface area contributed by atoms with E-state index in [1.54, 1.807) is 0 Å². The van der Waals surface area contributed by atoms with Crippen LogP contribution in [0.3, 0.4) is 0 Å². The van der Waals surface area contributed by atoms with E-state index in [4.69, 9.17) is 9.97 Å². The fourth-order valence-corrected chi connectivity index (χ4v) is 3.83. The van der Waals surface area contributed by atoms with Gasteiger partial charge in [-0.3, -0.25) is 0 Å². The maximum Gasteiger partial charge on any atom is 0.232 e. The lowest BCUT2D eigenvalue weighted by Gasteiger charge is -2.32. The highest BCUT2D eigenvalue weighted by molar-refractivity contribution is 5.93. The predicted molar refractivity (Wildman–Crippen MR) is 127 cm³/mol. The van der Waals surface area contributed by atoms with Crippen LogP contribution in [0.5, 0.6) is 0 Å². The standard InChI is InChI=1S/C26H28N4/c1-19(2)29(21-13-7-5-8-14-21)25-23-17-11-12-18-24(23)27-26(28-25)30(20(3)4)22-15-9-6-10-16-22/h5-20H,1-4H3. The molecule has 0 unspecified atom stereocenters. The molecule has 4 nitrogen and oxygen atoms in total. The highest BCUT2D eigenvalue weighted by Gasteiger charge is 2.23. The van der Waals surface area contributed by atoms with Crippen molar-refractivity contribution in [3.05, 3.63) is 84.9 Å². The van der Waals surface area contributed by atoms with Crippen molar-refractivity contribution in [2.75, 3.05) is 9.80 Å². The molecular weight excluding hydrogens is 368 g/mol. The zero-order valence-corrected chi connectivity index (χ0v) is 18.0. The summed E-state index contributed by atoms with van der Waals surface area (Å²) in [5.74, 6) is 1.64. The topological polar surface area (TPSA) is 32.3 Å². The van der Waals surface area contributed by atoms with Gasteiger partial charge in [0, 0.05) is 28.8 Å². The number of hydrogen-bond acceptors (Lipinski definition) is 4. The van der Waals surface area contributed by atoms with Gasteiger partial charge in [-0.05, 0) is 64.1 Å². The Hall–Kier alpha value is -3.40. The Kier molecular flexibility index (Phi) is 5.66. The number of rotatable bonds is 6. The molecule has 1 heterocycles. The highest BCUT2D eigenvalue weighted by atomic mass is 15.3. The molecule has 0 spiro atoms. The molecule has 4 aromatic rings. The molecule has 0 fully saturated rings. The molecule has 30 heavy (non-hydrogen) atoms. The van der Waals surface area contributed by atoms with Crippen molar-refractivity contribution in [2.24, 2.45) is 0 Å². The van der Waals surface area contributed by atoms with E-state index in [2.05, 4.69) is 104 Å². The van der Waals surface area contributed by atoms with Crippen molar-refractivity contribution in [3.8, 4) is 0 Å². The molecule has 0 aliphatic heterocycles. The molecule has 4 rings (SSSR count). The second-order valence-corrected chi connectivity index (χ2v) is 7.96. The van der Waals surface area contributed by atoms with E-state index in [0.717, 1.165) is 28.1 Å². The first-order chi connectivity index (χ1) is 14.6. The van der Waals surface area contributed by atoms with Crippen molar-refractivity contribution in [1.82, 2.24) is 9.97 Å². The lowest BCUT2D eigenvalue weighted by Crippen LogP contribution is -2.30. The summed E-state index contributed by atoms with van der Waals surface area (Å²) in [6.07, 6.45) is 0. The third-order valence-corrected chi connectivity index (χ3v) is 5.12. The molecule has 0 saturated carbocycles. The summed E-state index contributed by atoms with van der Waals surface area (Å²) < 4.78 is 0. The molecule has 0 N–H and O–H groups in total. The molecule has 0 amide bonds. The second kappa shape index (κ2) is 8.54. The molecule has 3 aromatic carbocycles. The van der Waals surface area contributed by atoms with Crippen LogP contribution in [-0.2, 0) is 0 Å². The van der Waals surface area contributed by atoms with Gasteiger partial charge < -0.3 is 9.80 Å². The number of anilines is 4. The van der Waals surface area contributed by atoms with E-state index in [1.165, 1.54) is 0 Å². The maximum atomic E-state index is 5.14. The van der Waals surface area contributed by atoms with Crippen LogP contribution < -0.4 is 9.80 Å². The summed E-state index contributed by atoms with van der Waals surface area (Å²) in [6, 6.07) is 29.5. The van der Waals surface area contributed by atoms with Crippen LogP contribution in [0, 0.1) is 0 Å². The van der Waals surface area contributed by atoms with Gasteiger partial charge in [0.2, 0.25) is 5.95 Å². The lowest BCUT2D eigenvalue weighted by molar-refractivity contribution is 0.752. The smallest absolute Gasteiger partial charge is 0.232 e. The fraction of sp³-hybridized carbons (Fsp3) is 0.231. The highest BCUT2D eigenvalue weighted by Crippen LogP contribution is 2.35. The van der Waals surface area contributed by atoms with Gasteiger partial charge in [-0.25, -0.2) is 4.98 Å². The zero-order chi connectivity index (χ0) is 21.1. The minimum atomic E-state index is 0.214. The van der Waals surface area contributed by atoms with Crippen LogP contribution in [0.1, 0.15) is 27.7 Å². The van der Waals surface area contributed by atoms with E-state index in [-0.39, 0.29) is 12.1 Å². The first kappa shape index (κ1) is 19.9. The summed E-state index contributed by atoms with van der Waals surface area (Å²) in [5, 5.41) is 1.05. The molecule has 0 radical (unpaired) electrons. The molecule has 0 atom stereocenters. The minimum absolute atomic E-state index is 0.214. The predicted octanol–water partition coefficient (Wildman–Crippen LogP) is 6.72. The summed E-state index contributed by atoms with van der Waals surface area (Å²) in [7, 11) is 0. The SMILES string of the molecule is CC(C)N(c1ccccc1)c1nc(N(c2ccccc2)C(C)C)c2ccccc2n1. The summed E-state index contributed by atoms with van der Waals surface area (Å²) in [4.78, 5) is 14.6. The third kappa shape index (κ3) is 3.86. The van der Waals surface area contributed by atoms with Crippen LogP contribution in [0.2, 0.25) is 0 Å². The summed E-state index contributed by atoms with van der Waals surface area (Å²) >= 11 is 0. The van der Waals surface area contributed by atoms with Gasteiger partial charge in [0.1, 0.15) is 5.82 Å².